The molecule has 0 aliphatic carbocycles. The fourth-order valence-corrected chi connectivity index (χ4v) is 4.14. The predicted octanol–water partition coefficient (Wildman–Crippen LogP) is 12.5. The molecular weight excluding hydrogens is 444 g/mol. The first kappa shape index (κ1) is 33.9. The van der Waals surface area contributed by atoms with Crippen molar-refractivity contribution in [2.24, 2.45) is 0 Å². The molecule has 0 heterocycles. The molecule has 5 aromatic rings. The SMILES string of the molecule is CC.CC.CC.CC.Cc1ccc2c(C)c(C)c3ccccc3c2c1.Cc1ccc2cc(C)ccc2c1. The van der Waals surface area contributed by atoms with Gasteiger partial charge in [0.2, 0.25) is 0 Å². The largest absolute Gasteiger partial charge is 0.0683 e. The van der Waals surface area contributed by atoms with Crippen LogP contribution in [0.3, 0.4) is 0 Å². The van der Waals surface area contributed by atoms with Crippen molar-refractivity contribution in [3.8, 4) is 0 Å². The van der Waals surface area contributed by atoms with Crippen molar-refractivity contribution in [1.82, 2.24) is 0 Å². The number of fused-ring (bicyclic) bond motifs is 4. The Morgan fingerprint density at radius 2 is 0.676 bits per heavy atom. The third-order valence-corrected chi connectivity index (χ3v) is 5.91. The highest BCUT2D eigenvalue weighted by atomic mass is 14.1. The molecule has 0 fully saturated rings. The molecule has 0 radical (unpaired) electrons. The first-order valence-corrected chi connectivity index (χ1v) is 14.3. The minimum Gasteiger partial charge on any atom is -0.0683 e. The van der Waals surface area contributed by atoms with E-state index in [1.807, 2.05) is 55.4 Å². The van der Waals surface area contributed by atoms with E-state index in [0.29, 0.717) is 0 Å². The Bertz CT molecular complexity index is 1300. The summed E-state index contributed by atoms with van der Waals surface area (Å²) in [6.07, 6.45) is 0. The topological polar surface area (TPSA) is 0 Å². The number of hydrogen-bond donors (Lipinski definition) is 0. The second-order valence-corrected chi connectivity index (χ2v) is 8.20. The average Bonchev–Trinajstić information content (AvgIpc) is 2.96. The maximum absolute atomic E-state index is 2.30. The van der Waals surface area contributed by atoms with E-state index in [4.69, 9.17) is 0 Å². The fraction of sp³-hybridized carbons (Fsp3) is 0.351. The lowest BCUT2D eigenvalue weighted by Gasteiger charge is -2.12. The Balaban J connectivity index is 0.000000570. The number of aryl methyl sites for hydroxylation is 5. The molecule has 0 nitrogen and oxygen atoms in total. The van der Waals surface area contributed by atoms with Crippen LogP contribution in [0.15, 0.2) is 78.9 Å². The highest BCUT2D eigenvalue weighted by Crippen LogP contribution is 2.32. The van der Waals surface area contributed by atoms with E-state index >= 15 is 0 Å². The summed E-state index contributed by atoms with van der Waals surface area (Å²) in [6, 6.07) is 28.5. The summed E-state index contributed by atoms with van der Waals surface area (Å²) in [5.41, 5.74) is 6.78. The van der Waals surface area contributed by atoms with Crippen molar-refractivity contribution in [1.29, 1.82) is 0 Å². The van der Waals surface area contributed by atoms with Gasteiger partial charge in [0.15, 0.2) is 0 Å². The van der Waals surface area contributed by atoms with Gasteiger partial charge in [-0.2, -0.15) is 0 Å². The first-order valence-electron chi connectivity index (χ1n) is 14.3. The zero-order valence-corrected chi connectivity index (χ0v) is 26.0. The highest BCUT2D eigenvalue weighted by Gasteiger charge is 2.07. The van der Waals surface area contributed by atoms with Crippen LogP contribution in [0.2, 0.25) is 0 Å². The predicted molar refractivity (Wildman–Crippen MR) is 174 cm³/mol. The van der Waals surface area contributed by atoms with Gasteiger partial charge < -0.3 is 0 Å². The quantitative estimate of drug-likeness (QED) is 0.187. The van der Waals surface area contributed by atoms with Crippen molar-refractivity contribution in [3.63, 3.8) is 0 Å². The zero-order valence-electron chi connectivity index (χ0n) is 26.0. The molecule has 37 heavy (non-hydrogen) atoms. The Kier molecular flexibility index (Phi) is 16.6. The molecule has 5 rings (SSSR count). The number of hydrogen-bond acceptors (Lipinski definition) is 0. The molecule has 0 heteroatoms. The Morgan fingerprint density at radius 1 is 0.324 bits per heavy atom. The van der Waals surface area contributed by atoms with Gasteiger partial charge >= 0.3 is 0 Å². The van der Waals surface area contributed by atoms with Crippen LogP contribution in [-0.4, -0.2) is 0 Å². The third kappa shape index (κ3) is 9.04. The third-order valence-electron chi connectivity index (χ3n) is 5.91. The van der Waals surface area contributed by atoms with Gasteiger partial charge in [-0.05, 0) is 78.1 Å². The van der Waals surface area contributed by atoms with E-state index in [2.05, 4.69) is 113 Å². The minimum absolute atomic E-state index is 1.32. The molecular formula is C37H52. The van der Waals surface area contributed by atoms with E-state index in [-0.39, 0.29) is 0 Å². The molecule has 5 aromatic carbocycles. The van der Waals surface area contributed by atoms with E-state index in [1.54, 1.807) is 0 Å². The van der Waals surface area contributed by atoms with Crippen LogP contribution in [0.5, 0.6) is 0 Å². The summed E-state index contributed by atoms with van der Waals surface area (Å²) in [5, 5.41) is 8.18. The maximum Gasteiger partial charge on any atom is -0.00999 e. The molecule has 0 spiro atoms. The van der Waals surface area contributed by atoms with E-state index in [9.17, 15) is 0 Å². The van der Waals surface area contributed by atoms with E-state index in [0.717, 1.165) is 0 Å². The highest BCUT2D eigenvalue weighted by molar-refractivity contribution is 6.10. The zero-order chi connectivity index (χ0) is 28.5. The smallest absolute Gasteiger partial charge is 0.00999 e. The molecule has 0 atom stereocenters. The van der Waals surface area contributed by atoms with Crippen LogP contribution in [-0.2, 0) is 0 Å². The second-order valence-electron chi connectivity index (χ2n) is 8.20. The van der Waals surface area contributed by atoms with E-state index < -0.39 is 0 Å². The van der Waals surface area contributed by atoms with Crippen molar-refractivity contribution < 1.29 is 0 Å². The summed E-state index contributed by atoms with van der Waals surface area (Å²) in [5.74, 6) is 0. The lowest BCUT2D eigenvalue weighted by Crippen LogP contribution is -1.88. The second kappa shape index (κ2) is 18.2. The molecule has 0 bridgehead atoms. The molecule has 0 aromatic heterocycles. The summed E-state index contributed by atoms with van der Waals surface area (Å²) in [4.78, 5) is 0. The van der Waals surface area contributed by atoms with Gasteiger partial charge in [-0.15, -0.1) is 0 Å². The summed E-state index contributed by atoms with van der Waals surface area (Å²) in [6.45, 7) is 26.8. The minimum atomic E-state index is 1.32. The fourth-order valence-electron chi connectivity index (χ4n) is 4.14. The molecule has 0 saturated heterocycles. The van der Waals surface area contributed by atoms with Crippen molar-refractivity contribution in [2.45, 2.75) is 90.0 Å². The molecule has 0 saturated carbocycles. The summed E-state index contributed by atoms with van der Waals surface area (Å²) < 4.78 is 0. The molecule has 0 N–H and O–H groups in total. The monoisotopic (exact) mass is 496 g/mol. The van der Waals surface area contributed by atoms with Crippen LogP contribution < -0.4 is 0 Å². The first-order chi connectivity index (χ1) is 17.9. The van der Waals surface area contributed by atoms with Crippen LogP contribution in [0.25, 0.3) is 32.3 Å². The normalized spacial score (nSPS) is 9.22. The van der Waals surface area contributed by atoms with Crippen LogP contribution >= 0.6 is 0 Å². The summed E-state index contributed by atoms with van der Waals surface area (Å²) >= 11 is 0. The van der Waals surface area contributed by atoms with Crippen LogP contribution in [0.1, 0.15) is 83.2 Å². The Hall–Kier alpha value is -3.12. The van der Waals surface area contributed by atoms with Gasteiger partial charge in [0.1, 0.15) is 0 Å². The molecule has 0 aliphatic heterocycles. The van der Waals surface area contributed by atoms with Gasteiger partial charge in [0, 0.05) is 0 Å². The lowest BCUT2D eigenvalue weighted by molar-refractivity contribution is 1.41. The van der Waals surface area contributed by atoms with Crippen LogP contribution in [0.4, 0.5) is 0 Å². The van der Waals surface area contributed by atoms with Gasteiger partial charge in [-0.25, -0.2) is 0 Å². The average molecular weight is 497 g/mol. The van der Waals surface area contributed by atoms with Crippen molar-refractivity contribution in [3.05, 3.63) is 107 Å². The van der Waals surface area contributed by atoms with Gasteiger partial charge in [-0.3, -0.25) is 0 Å². The molecule has 0 unspecified atom stereocenters. The van der Waals surface area contributed by atoms with E-state index in [1.165, 1.54) is 60.1 Å². The standard InChI is InChI=1S/C17H16.C12H12.4C2H6/c1-11-8-9-15-13(3)12(2)14-6-4-5-7-16(14)17(15)10-11;1-9-3-5-12-8-10(2)4-6-11(12)7-9;4*1-2/h4-10H,1-3H3;3-8H,1-2H3;4*1-2H3. The molecule has 0 aliphatic rings. The number of rotatable bonds is 0. The Morgan fingerprint density at radius 3 is 1.14 bits per heavy atom. The molecule has 0 amide bonds. The van der Waals surface area contributed by atoms with Crippen molar-refractivity contribution >= 4 is 32.3 Å². The van der Waals surface area contributed by atoms with Gasteiger partial charge in [0.25, 0.3) is 0 Å². The Labute approximate surface area is 228 Å². The van der Waals surface area contributed by atoms with Gasteiger partial charge in [0.05, 0.1) is 0 Å². The summed E-state index contributed by atoms with van der Waals surface area (Å²) in [7, 11) is 0. The number of benzene rings is 5. The van der Waals surface area contributed by atoms with Crippen LogP contribution in [0, 0.1) is 34.6 Å². The maximum atomic E-state index is 2.30. The lowest BCUT2D eigenvalue weighted by atomic mass is 9.92. The van der Waals surface area contributed by atoms with Crippen molar-refractivity contribution in [2.75, 3.05) is 0 Å². The molecule has 200 valence electrons. The van der Waals surface area contributed by atoms with Gasteiger partial charge in [-0.1, -0.05) is 151 Å².